The van der Waals surface area contributed by atoms with E-state index in [0.717, 1.165) is 18.4 Å². The van der Waals surface area contributed by atoms with Crippen LogP contribution in [-0.2, 0) is 22.4 Å². The molecule has 1 heterocycles. The molecular formula is C20H26N4O4S. The zero-order valence-electron chi connectivity index (χ0n) is 17.2. The number of methoxy groups -OCH3 is 1. The highest BCUT2D eigenvalue weighted by atomic mass is 32.2. The molecule has 2 rings (SSSR count). The Morgan fingerprint density at radius 1 is 1.17 bits per heavy atom. The third-order valence-electron chi connectivity index (χ3n) is 4.08. The lowest BCUT2D eigenvalue weighted by molar-refractivity contribution is -0.116. The van der Waals surface area contributed by atoms with E-state index in [4.69, 9.17) is 0 Å². The summed E-state index contributed by atoms with van der Waals surface area (Å²) in [5.74, 6) is 0.353. The second-order valence-corrected chi connectivity index (χ2v) is 7.64. The minimum absolute atomic E-state index is 0.0113. The van der Waals surface area contributed by atoms with Gasteiger partial charge in [-0.2, -0.15) is 4.68 Å². The van der Waals surface area contributed by atoms with Crippen LogP contribution in [0.2, 0.25) is 0 Å². The Kier molecular flexibility index (Phi) is 8.38. The van der Waals surface area contributed by atoms with Crippen molar-refractivity contribution in [2.24, 2.45) is 0 Å². The summed E-state index contributed by atoms with van der Waals surface area (Å²) >= 11 is 1.20. The van der Waals surface area contributed by atoms with Crippen molar-refractivity contribution in [1.29, 1.82) is 0 Å². The number of rotatable bonds is 9. The van der Waals surface area contributed by atoms with E-state index in [1.165, 1.54) is 28.5 Å². The molecule has 0 aliphatic rings. The van der Waals surface area contributed by atoms with Crippen LogP contribution in [0.1, 0.15) is 41.5 Å². The summed E-state index contributed by atoms with van der Waals surface area (Å²) in [7, 11) is 4.62. The Hall–Kier alpha value is -2.68. The van der Waals surface area contributed by atoms with Crippen molar-refractivity contribution < 1.29 is 19.1 Å². The fourth-order valence-electron chi connectivity index (χ4n) is 2.49. The normalized spacial score (nSPS) is 10.6. The van der Waals surface area contributed by atoms with Gasteiger partial charge in [-0.1, -0.05) is 37.2 Å². The quantitative estimate of drug-likeness (QED) is 0.456. The van der Waals surface area contributed by atoms with Crippen molar-refractivity contribution in [1.82, 2.24) is 19.7 Å². The van der Waals surface area contributed by atoms with E-state index >= 15 is 0 Å². The second kappa shape index (κ2) is 10.8. The van der Waals surface area contributed by atoms with E-state index in [-0.39, 0.29) is 24.0 Å². The lowest BCUT2D eigenvalue weighted by Gasteiger charge is -2.10. The first-order valence-electron chi connectivity index (χ1n) is 9.35. The van der Waals surface area contributed by atoms with E-state index in [2.05, 4.69) is 21.7 Å². The van der Waals surface area contributed by atoms with Gasteiger partial charge < -0.3 is 9.64 Å². The van der Waals surface area contributed by atoms with Crippen LogP contribution in [-0.4, -0.2) is 64.4 Å². The van der Waals surface area contributed by atoms with Gasteiger partial charge in [0.1, 0.15) is 5.78 Å². The summed E-state index contributed by atoms with van der Waals surface area (Å²) in [6, 6.07) is 6.43. The summed E-state index contributed by atoms with van der Waals surface area (Å²) in [6.45, 7) is 2.08. The molecule has 1 amide bonds. The Labute approximate surface area is 174 Å². The van der Waals surface area contributed by atoms with Crippen LogP contribution in [0.3, 0.4) is 0 Å². The number of hydrogen-bond acceptors (Lipinski definition) is 7. The zero-order valence-corrected chi connectivity index (χ0v) is 18.0. The first-order chi connectivity index (χ1) is 13.8. The summed E-state index contributed by atoms with van der Waals surface area (Å²) in [5, 5.41) is 4.72. The maximum absolute atomic E-state index is 12.4. The number of Topliss-reactive ketones (excluding diaryl/α,β-unsaturated/α-hetero) is 1. The molecule has 0 aliphatic carbocycles. The second-order valence-electron chi connectivity index (χ2n) is 6.70. The number of benzene rings is 1. The van der Waals surface area contributed by atoms with E-state index in [0.29, 0.717) is 23.0 Å². The smallest absolute Gasteiger partial charge is 0.346 e. The Morgan fingerprint density at radius 3 is 2.45 bits per heavy atom. The molecule has 0 saturated heterocycles. The number of ketones is 1. The van der Waals surface area contributed by atoms with Crippen LogP contribution in [0.4, 0.5) is 4.79 Å². The van der Waals surface area contributed by atoms with Gasteiger partial charge in [0.05, 0.1) is 18.4 Å². The molecule has 0 bridgehead atoms. The van der Waals surface area contributed by atoms with Gasteiger partial charge in [0, 0.05) is 26.9 Å². The molecule has 1 aromatic carbocycles. The Bertz CT molecular complexity index is 862. The third-order valence-corrected chi connectivity index (χ3v) is 5.07. The topological polar surface area (TPSA) is 94.4 Å². The average molecular weight is 419 g/mol. The molecule has 9 heteroatoms. The molecule has 0 saturated carbocycles. The third kappa shape index (κ3) is 6.42. The van der Waals surface area contributed by atoms with Crippen LogP contribution in [0, 0.1) is 0 Å². The molecule has 8 nitrogen and oxygen atoms in total. The van der Waals surface area contributed by atoms with Crippen LogP contribution in [0.5, 0.6) is 0 Å². The SMILES string of the molecule is CCCCc1nc(SCC(=O)Cc2ccc(C(=O)OC)cc2)n(C(=O)N(C)C)n1. The minimum atomic E-state index is -0.415. The number of unbranched alkanes of at least 4 members (excludes halogenated alkanes) is 1. The largest absolute Gasteiger partial charge is 0.465 e. The highest BCUT2D eigenvalue weighted by molar-refractivity contribution is 7.99. The molecule has 0 fully saturated rings. The molecule has 2 aromatic rings. The van der Waals surface area contributed by atoms with Gasteiger partial charge in [0.2, 0.25) is 0 Å². The predicted octanol–water partition coefficient (Wildman–Crippen LogP) is 2.84. The van der Waals surface area contributed by atoms with Gasteiger partial charge >= 0.3 is 12.0 Å². The van der Waals surface area contributed by atoms with Gasteiger partial charge in [-0.25, -0.2) is 14.6 Å². The molecule has 0 atom stereocenters. The number of hydrogen-bond donors (Lipinski definition) is 0. The predicted molar refractivity (Wildman–Crippen MR) is 110 cm³/mol. The number of amides is 1. The summed E-state index contributed by atoms with van der Waals surface area (Å²) in [5.41, 5.74) is 1.24. The minimum Gasteiger partial charge on any atom is -0.465 e. The number of nitrogens with zero attached hydrogens (tertiary/aromatic N) is 4. The number of carbonyl (C=O) groups excluding carboxylic acids is 3. The number of thioether (sulfide) groups is 1. The first-order valence-corrected chi connectivity index (χ1v) is 10.3. The lowest BCUT2D eigenvalue weighted by atomic mass is 10.1. The van der Waals surface area contributed by atoms with Crippen LogP contribution in [0.15, 0.2) is 29.4 Å². The van der Waals surface area contributed by atoms with Crippen LogP contribution < -0.4 is 0 Å². The number of ether oxygens (including phenoxy) is 1. The van der Waals surface area contributed by atoms with E-state index in [1.807, 2.05) is 0 Å². The number of carbonyl (C=O) groups is 3. The maximum atomic E-state index is 12.4. The molecule has 0 aliphatic heterocycles. The molecule has 0 spiro atoms. The number of aromatic nitrogens is 3. The van der Waals surface area contributed by atoms with Crippen molar-refractivity contribution in [3.05, 3.63) is 41.2 Å². The van der Waals surface area contributed by atoms with E-state index < -0.39 is 5.97 Å². The summed E-state index contributed by atoms with van der Waals surface area (Å²) < 4.78 is 5.92. The number of esters is 1. The highest BCUT2D eigenvalue weighted by Gasteiger charge is 2.19. The first kappa shape index (κ1) is 22.6. The van der Waals surface area contributed by atoms with E-state index in [1.54, 1.807) is 38.4 Å². The molecule has 29 heavy (non-hydrogen) atoms. The zero-order chi connectivity index (χ0) is 21.4. The maximum Gasteiger partial charge on any atom is 0.346 e. The van der Waals surface area contributed by atoms with Crippen molar-refractivity contribution in [2.45, 2.75) is 37.8 Å². The molecular weight excluding hydrogens is 392 g/mol. The molecule has 0 unspecified atom stereocenters. The van der Waals surface area contributed by atoms with E-state index in [9.17, 15) is 14.4 Å². The summed E-state index contributed by atoms with van der Waals surface area (Å²) in [4.78, 5) is 42.1. The number of aryl methyl sites for hydroxylation is 1. The summed E-state index contributed by atoms with van der Waals surface area (Å²) in [6.07, 6.45) is 2.86. The molecule has 156 valence electrons. The Balaban J connectivity index is 2.02. The van der Waals surface area contributed by atoms with Crippen molar-refractivity contribution in [2.75, 3.05) is 27.0 Å². The van der Waals surface area contributed by atoms with Crippen LogP contribution in [0.25, 0.3) is 0 Å². The van der Waals surface area contributed by atoms with Gasteiger partial charge in [-0.3, -0.25) is 4.79 Å². The lowest BCUT2D eigenvalue weighted by Crippen LogP contribution is -2.29. The van der Waals surface area contributed by atoms with Gasteiger partial charge in [0.15, 0.2) is 11.0 Å². The van der Waals surface area contributed by atoms with Crippen molar-refractivity contribution >= 4 is 29.5 Å². The molecule has 1 aromatic heterocycles. The van der Waals surface area contributed by atoms with Gasteiger partial charge in [-0.05, 0) is 24.1 Å². The fraction of sp³-hybridized carbons (Fsp3) is 0.450. The Morgan fingerprint density at radius 2 is 1.86 bits per heavy atom. The monoisotopic (exact) mass is 418 g/mol. The standard InChI is InChI=1S/C20H26N4O4S/c1-5-6-7-17-21-19(24(22-17)20(27)23(2)3)29-13-16(25)12-14-8-10-15(11-9-14)18(26)28-4/h8-11H,5-7,12-13H2,1-4H3. The molecule has 0 radical (unpaired) electrons. The van der Waals surface area contributed by atoms with Gasteiger partial charge in [-0.15, -0.1) is 5.10 Å². The van der Waals surface area contributed by atoms with Crippen molar-refractivity contribution in [3.63, 3.8) is 0 Å². The fourth-order valence-corrected chi connectivity index (χ4v) is 3.29. The highest BCUT2D eigenvalue weighted by Crippen LogP contribution is 2.18. The van der Waals surface area contributed by atoms with Crippen molar-refractivity contribution in [3.8, 4) is 0 Å². The average Bonchev–Trinajstić information content (AvgIpc) is 3.13. The molecule has 0 N–H and O–H groups in total. The van der Waals surface area contributed by atoms with Crippen LogP contribution >= 0.6 is 11.8 Å². The van der Waals surface area contributed by atoms with Gasteiger partial charge in [0.25, 0.3) is 0 Å².